The minimum Gasteiger partial charge on any atom is -0.496 e. The number of benzene rings is 2. The Morgan fingerprint density at radius 3 is 2.80 bits per heavy atom. The van der Waals surface area contributed by atoms with Gasteiger partial charge in [0.2, 0.25) is 0 Å². The number of para-hydroxylation sites is 1. The Balaban J connectivity index is 1.56. The van der Waals surface area contributed by atoms with Crippen molar-refractivity contribution in [3.63, 3.8) is 0 Å². The highest BCUT2D eigenvalue weighted by Crippen LogP contribution is 2.21. The van der Waals surface area contributed by atoms with Crippen LogP contribution in [-0.2, 0) is 11.3 Å². The van der Waals surface area contributed by atoms with E-state index in [0.29, 0.717) is 13.2 Å². The van der Waals surface area contributed by atoms with Gasteiger partial charge in [-0.2, -0.15) is 0 Å². The highest BCUT2D eigenvalue weighted by Gasteiger charge is 2.22. The number of halogens is 2. The molecule has 1 atom stereocenters. The van der Waals surface area contributed by atoms with E-state index < -0.39 is 11.6 Å². The van der Waals surface area contributed by atoms with Crippen LogP contribution in [0.3, 0.4) is 0 Å². The van der Waals surface area contributed by atoms with E-state index in [2.05, 4.69) is 4.90 Å². The molecule has 1 aliphatic rings. The monoisotopic (exact) mass is 349 g/mol. The molecule has 1 unspecified atom stereocenters. The van der Waals surface area contributed by atoms with Crippen LogP contribution in [0.2, 0.25) is 0 Å². The zero-order valence-corrected chi connectivity index (χ0v) is 14.1. The van der Waals surface area contributed by atoms with Gasteiger partial charge in [0.15, 0.2) is 11.6 Å². The van der Waals surface area contributed by atoms with Gasteiger partial charge in [0.1, 0.15) is 24.3 Å². The lowest BCUT2D eigenvalue weighted by Gasteiger charge is -2.33. The molecule has 0 bridgehead atoms. The van der Waals surface area contributed by atoms with Gasteiger partial charge in [0.05, 0.1) is 13.7 Å². The van der Waals surface area contributed by atoms with Crippen molar-refractivity contribution < 1.29 is 23.0 Å². The van der Waals surface area contributed by atoms with E-state index in [1.165, 1.54) is 12.1 Å². The van der Waals surface area contributed by atoms with Gasteiger partial charge >= 0.3 is 0 Å². The Morgan fingerprint density at radius 1 is 1.16 bits per heavy atom. The standard InChI is InChI=1S/C19H21F2NO3/c1-23-18-5-3-2-4-14(18)11-22-8-9-24-16(12-22)13-25-19-7-6-15(20)10-17(19)21/h2-7,10,16H,8-9,11-13H2,1H3. The molecule has 25 heavy (non-hydrogen) atoms. The van der Waals surface area contributed by atoms with Gasteiger partial charge in [-0.15, -0.1) is 0 Å². The summed E-state index contributed by atoms with van der Waals surface area (Å²) in [7, 11) is 1.66. The summed E-state index contributed by atoms with van der Waals surface area (Å²) < 4.78 is 43.1. The fourth-order valence-electron chi connectivity index (χ4n) is 2.87. The number of hydrogen-bond acceptors (Lipinski definition) is 4. The molecular weight excluding hydrogens is 328 g/mol. The van der Waals surface area contributed by atoms with Crippen LogP contribution < -0.4 is 9.47 Å². The summed E-state index contributed by atoms with van der Waals surface area (Å²) >= 11 is 0. The molecule has 6 heteroatoms. The Kier molecular flexibility index (Phi) is 5.83. The van der Waals surface area contributed by atoms with Gasteiger partial charge in [-0.3, -0.25) is 4.90 Å². The SMILES string of the molecule is COc1ccccc1CN1CCOC(COc2ccc(F)cc2F)C1. The van der Waals surface area contributed by atoms with E-state index >= 15 is 0 Å². The van der Waals surface area contributed by atoms with Crippen LogP contribution in [0.15, 0.2) is 42.5 Å². The minimum absolute atomic E-state index is 0.0341. The lowest BCUT2D eigenvalue weighted by Crippen LogP contribution is -2.44. The van der Waals surface area contributed by atoms with E-state index in [9.17, 15) is 8.78 Å². The molecule has 0 aliphatic carbocycles. The van der Waals surface area contributed by atoms with E-state index in [0.717, 1.165) is 30.5 Å². The van der Waals surface area contributed by atoms with E-state index in [4.69, 9.17) is 14.2 Å². The zero-order valence-electron chi connectivity index (χ0n) is 14.1. The van der Waals surface area contributed by atoms with Crippen molar-refractivity contribution in [1.82, 2.24) is 4.90 Å². The normalized spacial score (nSPS) is 18.1. The molecule has 3 rings (SSSR count). The van der Waals surface area contributed by atoms with Gasteiger partial charge in [-0.25, -0.2) is 8.78 Å². The molecule has 1 aliphatic heterocycles. The van der Waals surface area contributed by atoms with E-state index in [-0.39, 0.29) is 18.5 Å². The second-order valence-electron chi connectivity index (χ2n) is 5.93. The number of rotatable bonds is 6. The molecule has 0 saturated carbocycles. The fourth-order valence-corrected chi connectivity index (χ4v) is 2.87. The second kappa shape index (κ2) is 8.27. The molecule has 0 spiro atoms. The van der Waals surface area contributed by atoms with Crippen LogP contribution in [0, 0.1) is 11.6 Å². The minimum atomic E-state index is -0.707. The summed E-state index contributed by atoms with van der Waals surface area (Å²) in [4.78, 5) is 2.25. The van der Waals surface area contributed by atoms with E-state index in [1.807, 2.05) is 24.3 Å². The third-order valence-electron chi connectivity index (χ3n) is 4.13. The predicted molar refractivity (Wildman–Crippen MR) is 89.9 cm³/mol. The molecule has 1 heterocycles. The van der Waals surface area contributed by atoms with Crippen molar-refractivity contribution in [2.45, 2.75) is 12.6 Å². The van der Waals surface area contributed by atoms with Crippen LogP contribution in [0.5, 0.6) is 11.5 Å². The molecule has 0 N–H and O–H groups in total. The first-order valence-corrected chi connectivity index (χ1v) is 8.19. The lowest BCUT2D eigenvalue weighted by molar-refractivity contribution is -0.0510. The Morgan fingerprint density at radius 2 is 2.00 bits per heavy atom. The Hall–Kier alpha value is -2.18. The third-order valence-corrected chi connectivity index (χ3v) is 4.13. The van der Waals surface area contributed by atoms with Gasteiger partial charge in [-0.1, -0.05) is 18.2 Å². The van der Waals surface area contributed by atoms with Gasteiger partial charge in [-0.05, 0) is 18.2 Å². The highest BCUT2D eigenvalue weighted by molar-refractivity contribution is 5.33. The van der Waals surface area contributed by atoms with Crippen LogP contribution in [0.1, 0.15) is 5.56 Å². The first-order chi connectivity index (χ1) is 12.2. The Labute approximate surface area is 145 Å². The largest absolute Gasteiger partial charge is 0.496 e. The smallest absolute Gasteiger partial charge is 0.167 e. The van der Waals surface area contributed by atoms with Crippen molar-refractivity contribution >= 4 is 0 Å². The number of methoxy groups -OCH3 is 1. The maximum absolute atomic E-state index is 13.6. The van der Waals surface area contributed by atoms with Crippen molar-refractivity contribution in [1.29, 1.82) is 0 Å². The van der Waals surface area contributed by atoms with Crippen LogP contribution in [0.25, 0.3) is 0 Å². The van der Waals surface area contributed by atoms with Gasteiger partial charge < -0.3 is 14.2 Å². The fraction of sp³-hybridized carbons (Fsp3) is 0.368. The molecule has 1 saturated heterocycles. The zero-order chi connectivity index (χ0) is 17.6. The first kappa shape index (κ1) is 17.6. The number of hydrogen-bond donors (Lipinski definition) is 0. The summed E-state index contributed by atoms with van der Waals surface area (Å²) in [6.07, 6.45) is -0.173. The molecule has 2 aromatic carbocycles. The molecule has 0 aromatic heterocycles. The summed E-state index contributed by atoms with van der Waals surface area (Å²) in [5.41, 5.74) is 1.11. The number of nitrogens with zero attached hydrogens (tertiary/aromatic N) is 1. The van der Waals surface area contributed by atoms with Crippen LogP contribution in [-0.4, -0.2) is 44.4 Å². The predicted octanol–water partition coefficient (Wildman–Crippen LogP) is 3.25. The summed E-state index contributed by atoms with van der Waals surface area (Å²) in [6.45, 7) is 3.01. The maximum Gasteiger partial charge on any atom is 0.167 e. The summed E-state index contributed by atoms with van der Waals surface area (Å²) in [5.74, 6) is -0.439. The summed E-state index contributed by atoms with van der Waals surface area (Å²) in [6, 6.07) is 11.2. The molecular formula is C19H21F2NO3. The van der Waals surface area contributed by atoms with Gasteiger partial charge in [0.25, 0.3) is 0 Å². The molecule has 134 valence electrons. The average molecular weight is 349 g/mol. The molecule has 0 radical (unpaired) electrons. The Bertz CT molecular complexity index is 711. The van der Waals surface area contributed by atoms with Crippen molar-refractivity contribution in [2.24, 2.45) is 0 Å². The van der Waals surface area contributed by atoms with Crippen LogP contribution in [0.4, 0.5) is 8.78 Å². The molecule has 0 amide bonds. The quantitative estimate of drug-likeness (QED) is 0.801. The van der Waals surface area contributed by atoms with Crippen molar-refractivity contribution in [3.05, 3.63) is 59.7 Å². The van der Waals surface area contributed by atoms with Crippen molar-refractivity contribution in [2.75, 3.05) is 33.4 Å². The van der Waals surface area contributed by atoms with Crippen molar-refractivity contribution in [3.8, 4) is 11.5 Å². The van der Waals surface area contributed by atoms with Crippen LogP contribution >= 0.6 is 0 Å². The van der Waals surface area contributed by atoms with E-state index in [1.54, 1.807) is 7.11 Å². The lowest BCUT2D eigenvalue weighted by atomic mass is 10.1. The third kappa shape index (κ3) is 4.67. The average Bonchev–Trinajstić information content (AvgIpc) is 2.62. The molecule has 4 nitrogen and oxygen atoms in total. The molecule has 2 aromatic rings. The van der Waals surface area contributed by atoms with Gasteiger partial charge in [0, 0.05) is 31.3 Å². The maximum atomic E-state index is 13.6. The molecule has 1 fully saturated rings. The number of morpholine rings is 1. The second-order valence-corrected chi connectivity index (χ2v) is 5.93. The first-order valence-electron chi connectivity index (χ1n) is 8.19. The topological polar surface area (TPSA) is 30.9 Å². The highest BCUT2D eigenvalue weighted by atomic mass is 19.1. The number of ether oxygens (including phenoxy) is 3. The summed E-state index contributed by atoms with van der Waals surface area (Å²) in [5, 5.41) is 0.